The number of hydrogen-bond acceptors (Lipinski definition) is 5. The highest BCUT2D eigenvalue weighted by Crippen LogP contribution is 2.19. The minimum absolute atomic E-state index is 0.0496. The van der Waals surface area contributed by atoms with Crippen LogP contribution in [0.25, 0.3) is 0 Å². The Hall–Kier alpha value is -3.04. The van der Waals surface area contributed by atoms with Gasteiger partial charge in [0, 0.05) is 22.8 Å². The zero-order valence-electron chi connectivity index (χ0n) is 17.8. The highest BCUT2D eigenvalue weighted by molar-refractivity contribution is 7.92. The first kappa shape index (κ1) is 22.6. The van der Waals surface area contributed by atoms with Gasteiger partial charge in [-0.25, -0.2) is 23.1 Å². The number of nitrogens with zero attached hydrogens (tertiary/aromatic N) is 2. The summed E-state index contributed by atoms with van der Waals surface area (Å²) in [5.41, 5.74) is 4.16. The van der Waals surface area contributed by atoms with Crippen molar-refractivity contribution in [3.8, 4) is 0 Å². The molecular formula is C22H25N5O2S2. The predicted molar refractivity (Wildman–Crippen MR) is 129 cm³/mol. The fourth-order valence-electron chi connectivity index (χ4n) is 2.91. The summed E-state index contributed by atoms with van der Waals surface area (Å²) in [6.07, 6.45) is 0. The largest absolute Gasteiger partial charge is 0.332 e. The molecule has 0 saturated heterocycles. The summed E-state index contributed by atoms with van der Waals surface area (Å²) in [7, 11) is -3.80. The molecule has 0 atom stereocenters. The molecule has 7 nitrogen and oxygen atoms in total. The molecule has 162 valence electrons. The molecule has 2 aromatic carbocycles. The van der Waals surface area contributed by atoms with E-state index in [1.807, 2.05) is 12.1 Å². The van der Waals surface area contributed by atoms with E-state index in [1.54, 1.807) is 32.0 Å². The second-order valence-corrected chi connectivity index (χ2v) is 9.55. The third-order valence-corrected chi connectivity index (χ3v) is 6.01. The van der Waals surface area contributed by atoms with Crippen LogP contribution in [0.3, 0.4) is 0 Å². The summed E-state index contributed by atoms with van der Waals surface area (Å²) in [5.74, 6) is 0.512. The van der Waals surface area contributed by atoms with E-state index >= 15 is 0 Å². The van der Waals surface area contributed by atoms with Crippen LogP contribution < -0.4 is 15.4 Å². The van der Waals surface area contributed by atoms with Crippen LogP contribution in [-0.4, -0.2) is 23.5 Å². The lowest BCUT2D eigenvalue weighted by Gasteiger charge is -2.13. The molecular weight excluding hydrogens is 430 g/mol. The second kappa shape index (κ2) is 9.40. The molecule has 0 amide bonds. The number of aromatic nitrogens is 2. The molecule has 0 aliphatic carbocycles. The standard InChI is InChI=1S/C22H25N5O2S2/c1-14(2)17-5-7-18(8-6-17)25-22(30)26-19-9-11-20(12-10-19)31(28,29)27-21-23-15(3)13-16(4)24-21/h5-14H,1-4H3,(H,23,24,27)(H2,25,26,30). The summed E-state index contributed by atoms with van der Waals surface area (Å²) >= 11 is 5.35. The summed E-state index contributed by atoms with van der Waals surface area (Å²) in [5, 5.41) is 6.58. The summed E-state index contributed by atoms with van der Waals surface area (Å²) < 4.78 is 27.7. The first-order valence-electron chi connectivity index (χ1n) is 9.75. The quantitative estimate of drug-likeness (QED) is 0.458. The normalized spacial score (nSPS) is 11.3. The number of rotatable bonds is 6. The van der Waals surface area contributed by atoms with Crippen LogP contribution in [0.4, 0.5) is 17.3 Å². The van der Waals surface area contributed by atoms with Crippen molar-refractivity contribution in [2.45, 2.75) is 38.5 Å². The summed E-state index contributed by atoms with van der Waals surface area (Å²) in [4.78, 5) is 8.34. The maximum atomic E-state index is 12.6. The van der Waals surface area contributed by atoms with Gasteiger partial charge in [-0.05, 0) is 80.0 Å². The molecule has 0 bridgehead atoms. The van der Waals surface area contributed by atoms with Gasteiger partial charge in [0.25, 0.3) is 10.0 Å². The van der Waals surface area contributed by atoms with Crippen molar-refractivity contribution in [1.82, 2.24) is 9.97 Å². The number of thiocarbonyl (C=S) groups is 1. The highest BCUT2D eigenvalue weighted by atomic mass is 32.2. The van der Waals surface area contributed by atoms with Gasteiger partial charge in [-0.3, -0.25) is 0 Å². The van der Waals surface area contributed by atoms with Crippen LogP contribution in [0.2, 0.25) is 0 Å². The zero-order valence-corrected chi connectivity index (χ0v) is 19.4. The van der Waals surface area contributed by atoms with Crippen LogP contribution in [0, 0.1) is 13.8 Å². The number of nitrogens with one attached hydrogen (secondary N) is 3. The van der Waals surface area contributed by atoms with E-state index in [4.69, 9.17) is 12.2 Å². The Morgan fingerprint density at radius 2 is 1.35 bits per heavy atom. The monoisotopic (exact) mass is 455 g/mol. The van der Waals surface area contributed by atoms with E-state index in [0.717, 1.165) is 5.69 Å². The Kier molecular flexibility index (Phi) is 6.87. The van der Waals surface area contributed by atoms with Crippen LogP contribution in [-0.2, 0) is 10.0 Å². The zero-order chi connectivity index (χ0) is 22.6. The molecule has 0 aliphatic rings. The maximum Gasteiger partial charge on any atom is 0.264 e. The highest BCUT2D eigenvalue weighted by Gasteiger charge is 2.16. The predicted octanol–water partition coefficient (Wildman–Crippen LogP) is 4.83. The number of anilines is 3. The van der Waals surface area contributed by atoms with Crippen molar-refractivity contribution >= 4 is 44.7 Å². The van der Waals surface area contributed by atoms with E-state index in [2.05, 4.69) is 51.3 Å². The van der Waals surface area contributed by atoms with Crippen LogP contribution in [0.1, 0.15) is 36.7 Å². The smallest absolute Gasteiger partial charge is 0.264 e. The average Bonchev–Trinajstić information content (AvgIpc) is 2.67. The summed E-state index contributed by atoms with van der Waals surface area (Å²) in [6, 6.07) is 16.1. The third kappa shape index (κ3) is 6.22. The maximum absolute atomic E-state index is 12.6. The second-order valence-electron chi connectivity index (χ2n) is 7.46. The Bertz CT molecular complexity index is 1160. The number of hydrogen-bond donors (Lipinski definition) is 3. The lowest BCUT2D eigenvalue weighted by Crippen LogP contribution is -2.19. The topological polar surface area (TPSA) is 96.0 Å². The third-order valence-electron chi connectivity index (χ3n) is 4.47. The van der Waals surface area contributed by atoms with E-state index in [9.17, 15) is 8.42 Å². The lowest BCUT2D eigenvalue weighted by molar-refractivity contribution is 0.601. The minimum atomic E-state index is -3.80. The fraction of sp³-hybridized carbons (Fsp3) is 0.227. The van der Waals surface area contributed by atoms with E-state index in [-0.39, 0.29) is 10.8 Å². The minimum Gasteiger partial charge on any atom is -0.332 e. The van der Waals surface area contributed by atoms with Gasteiger partial charge in [0.05, 0.1) is 4.90 Å². The van der Waals surface area contributed by atoms with E-state index < -0.39 is 10.0 Å². The molecule has 0 radical (unpaired) electrons. The van der Waals surface area contributed by atoms with Crippen LogP contribution >= 0.6 is 12.2 Å². The van der Waals surface area contributed by atoms with Gasteiger partial charge in [-0.1, -0.05) is 26.0 Å². The number of benzene rings is 2. The van der Waals surface area contributed by atoms with Gasteiger partial charge in [0.15, 0.2) is 5.11 Å². The molecule has 0 unspecified atom stereocenters. The molecule has 3 N–H and O–H groups in total. The number of sulfonamides is 1. The first-order chi connectivity index (χ1) is 14.6. The van der Waals surface area contributed by atoms with E-state index in [0.29, 0.717) is 28.1 Å². The average molecular weight is 456 g/mol. The van der Waals surface area contributed by atoms with Crippen molar-refractivity contribution in [2.75, 3.05) is 15.4 Å². The molecule has 1 aromatic heterocycles. The number of aryl methyl sites for hydroxylation is 2. The molecule has 1 heterocycles. The summed E-state index contributed by atoms with van der Waals surface area (Å²) in [6.45, 7) is 7.84. The molecule has 3 aromatic rings. The molecule has 0 fully saturated rings. The Morgan fingerprint density at radius 3 is 1.84 bits per heavy atom. The van der Waals surface area contributed by atoms with Gasteiger partial charge < -0.3 is 10.6 Å². The van der Waals surface area contributed by atoms with Crippen molar-refractivity contribution < 1.29 is 8.42 Å². The van der Waals surface area contributed by atoms with Gasteiger partial charge in [-0.15, -0.1) is 0 Å². The fourth-order valence-corrected chi connectivity index (χ4v) is 4.09. The molecule has 9 heteroatoms. The van der Waals surface area contributed by atoms with Gasteiger partial charge in [0.2, 0.25) is 5.95 Å². The Morgan fingerprint density at radius 1 is 0.871 bits per heavy atom. The van der Waals surface area contributed by atoms with Crippen molar-refractivity contribution in [2.24, 2.45) is 0 Å². The van der Waals surface area contributed by atoms with Gasteiger partial charge in [0.1, 0.15) is 0 Å². The Balaban J connectivity index is 1.64. The van der Waals surface area contributed by atoms with Crippen LogP contribution in [0.15, 0.2) is 59.5 Å². The van der Waals surface area contributed by atoms with Crippen molar-refractivity contribution in [3.63, 3.8) is 0 Å². The first-order valence-corrected chi connectivity index (χ1v) is 11.6. The van der Waals surface area contributed by atoms with E-state index in [1.165, 1.54) is 17.7 Å². The van der Waals surface area contributed by atoms with Crippen molar-refractivity contribution in [3.05, 3.63) is 71.5 Å². The molecule has 3 rings (SSSR count). The van der Waals surface area contributed by atoms with Crippen molar-refractivity contribution in [1.29, 1.82) is 0 Å². The lowest BCUT2D eigenvalue weighted by atomic mass is 10.0. The molecule has 0 aliphatic heterocycles. The van der Waals surface area contributed by atoms with Crippen LogP contribution in [0.5, 0.6) is 0 Å². The molecule has 0 saturated carbocycles. The van der Waals surface area contributed by atoms with Gasteiger partial charge in [-0.2, -0.15) is 0 Å². The molecule has 31 heavy (non-hydrogen) atoms. The molecule has 0 spiro atoms. The van der Waals surface area contributed by atoms with Gasteiger partial charge >= 0.3 is 0 Å². The SMILES string of the molecule is Cc1cc(C)nc(NS(=O)(=O)c2ccc(NC(=S)Nc3ccc(C(C)C)cc3)cc2)n1. The Labute approximate surface area is 188 Å².